The maximum atomic E-state index is 12.7. The summed E-state index contributed by atoms with van der Waals surface area (Å²) in [5.74, 6) is 0.319. The lowest BCUT2D eigenvalue weighted by atomic mass is 10.1. The van der Waals surface area contributed by atoms with Crippen molar-refractivity contribution in [1.29, 1.82) is 0 Å². The minimum absolute atomic E-state index is 0.0926. The summed E-state index contributed by atoms with van der Waals surface area (Å²) < 4.78 is 0. The summed E-state index contributed by atoms with van der Waals surface area (Å²) in [5.41, 5.74) is 4.68. The zero-order valence-corrected chi connectivity index (χ0v) is 16.5. The zero-order chi connectivity index (χ0) is 19.5. The molecular formula is C22H23ClN4O. The van der Waals surface area contributed by atoms with E-state index in [4.69, 9.17) is 11.6 Å². The molecule has 1 saturated heterocycles. The maximum absolute atomic E-state index is 12.7. The van der Waals surface area contributed by atoms with Crippen molar-refractivity contribution in [2.45, 2.75) is 13.3 Å². The lowest BCUT2D eigenvalue weighted by Crippen LogP contribution is -2.31. The van der Waals surface area contributed by atoms with Gasteiger partial charge < -0.3 is 10.2 Å². The standard InChI is InChI=1S/C22H23ClN4O/c1-15-7-8-18(23)11-20(15)27-10-9-16(14-27)12-24-22(28)19-13-25-26-21(19)17-5-3-2-4-6-17/h2-8,11,13,16H,9-10,12,14H2,1H3,(H,24,28)(H,25,26). The molecule has 4 rings (SSSR count). The molecule has 0 radical (unpaired) electrons. The topological polar surface area (TPSA) is 61.0 Å². The minimum Gasteiger partial charge on any atom is -0.371 e. The number of aryl methyl sites for hydroxylation is 1. The number of halogens is 1. The van der Waals surface area contributed by atoms with Crippen LogP contribution in [0.2, 0.25) is 5.02 Å². The number of hydrogen-bond acceptors (Lipinski definition) is 3. The Morgan fingerprint density at radius 2 is 2.11 bits per heavy atom. The zero-order valence-electron chi connectivity index (χ0n) is 15.8. The molecule has 0 bridgehead atoms. The molecule has 1 fully saturated rings. The van der Waals surface area contributed by atoms with Crippen molar-refractivity contribution in [2.24, 2.45) is 5.92 Å². The van der Waals surface area contributed by atoms with Crippen LogP contribution in [0, 0.1) is 12.8 Å². The van der Waals surface area contributed by atoms with Gasteiger partial charge in [0.25, 0.3) is 5.91 Å². The largest absolute Gasteiger partial charge is 0.371 e. The Morgan fingerprint density at radius 1 is 1.29 bits per heavy atom. The average molecular weight is 395 g/mol. The highest BCUT2D eigenvalue weighted by atomic mass is 35.5. The third-order valence-corrected chi connectivity index (χ3v) is 5.53. The fourth-order valence-electron chi connectivity index (χ4n) is 3.76. The summed E-state index contributed by atoms with van der Waals surface area (Å²) in [6, 6.07) is 15.8. The summed E-state index contributed by atoms with van der Waals surface area (Å²) in [7, 11) is 0. The van der Waals surface area contributed by atoms with Crippen molar-refractivity contribution >= 4 is 23.2 Å². The second-order valence-corrected chi connectivity index (χ2v) is 7.70. The van der Waals surface area contributed by atoms with Gasteiger partial charge in [-0.15, -0.1) is 0 Å². The van der Waals surface area contributed by atoms with E-state index in [1.165, 1.54) is 11.3 Å². The van der Waals surface area contributed by atoms with E-state index in [0.717, 1.165) is 35.8 Å². The van der Waals surface area contributed by atoms with Crippen LogP contribution in [0.5, 0.6) is 0 Å². The highest BCUT2D eigenvalue weighted by Crippen LogP contribution is 2.29. The van der Waals surface area contributed by atoms with E-state index in [2.05, 4.69) is 33.4 Å². The van der Waals surface area contributed by atoms with Crippen LogP contribution in [0.4, 0.5) is 5.69 Å². The van der Waals surface area contributed by atoms with Gasteiger partial charge in [0.15, 0.2) is 0 Å². The van der Waals surface area contributed by atoms with Crippen molar-refractivity contribution < 1.29 is 4.79 Å². The van der Waals surface area contributed by atoms with Crippen LogP contribution in [-0.2, 0) is 0 Å². The van der Waals surface area contributed by atoms with Gasteiger partial charge in [0, 0.05) is 35.9 Å². The predicted octanol–water partition coefficient (Wildman–Crippen LogP) is 4.29. The van der Waals surface area contributed by atoms with Gasteiger partial charge in [0.1, 0.15) is 0 Å². The first kappa shape index (κ1) is 18.6. The molecule has 1 aromatic heterocycles. The molecule has 1 atom stereocenters. The highest BCUT2D eigenvalue weighted by molar-refractivity contribution is 6.30. The van der Waals surface area contributed by atoms with Crippen LogP contribution in [0.3, 0.4) is 0 Å². The van der Waals surface area contributed by atoms with E-state index in [-0.39, 0.29) is 5.91 Å². The molecule has 0 spiro atoms. The first-order valence-electron chi connectivity index (χ1n) is 9.50. The number of anilines is 1. The summed E-state index contributed by atoms with van der Waals surface area (Å²) in [4.78, 5) is 15.1. The van der Waals surface area contributed by atoms with Crippen LogP contribution in [0.1, 0.15) is 22.3 Å². The Kier molecular flexibility index (Phi) is 5.35. The first-order chi connectivity index (χ1) is 13.6. The number of aromatic nitrogens is 2. The van der Waals surface area contributed by atoms with Crippen molar-refractivity contribution in [3.8, 4) is 11.3 Å². The van der Waals surface area contributed by atoms with E-state index < -0.39 is 0 Å². The molecule has 6 heteroatoms. The van der Waals surface area contributed by atoms with Crippen LogP contribution in [0.15, 0.2) is 54.7 Å². The second kappa shape index (κ2) is 8.07. The number of benzene rings is 2. The first-order valence-corrected chi connectivity index (χ1v) is 9.87. The van der Waals surface area contributed by atoms with Crippen LogP contribution >= 0.6 is 11.6 Å². The van der Waals surface area contributed by atoms with Crippen molar-refractivity contribution in [3.05, 3.63) is 70.9 Å². The Bertz CT molecular complexity index is 970. The molecule has 2 aromatic carbocycles. The normalized spacial score (nSPS) is 16.4. The molecule has 2 N–H and O–H groups in total. The SMILES string of the molecule is Cc1ccc(Cl)cc1N1CCC(CNC(=O)c2cn[nH]c2-c2ccccc2)C1. The van der Waals surface area contributed by atoms with Gasteiger partial charge in [-0.1, -0.05) is 48.0 Å². The third-order valence-electron chi connectivity index (χ3n) is 5.30. The number of nitrogens with one attached hydrogen (secondary N) is 2. The summed E-state index contributed by atoms with van der Waals surface area (Å²) in [6.45, 7) is 4.64. The quantitative estimate of drug-likeness (QED) is 0.678. The van der Waals surface area contributed by atoms with E-state index in [9.17, 15) is 4.79 Å². The number of amides is 1. The molecule has 5 nitrogen and oxygen atoms in total. The van der Waals surface area contributed by atoms with Crippen molar-refractivity contribution in [3.63, 3.8) is 0 Å². The molecular weight excluding hydrogens is 372 g/mol. The fourth-order valence-corrected chi connectivity index (χ4v) is 3.92. The molecule has 1 unspecified atom stereocenters. The Balaban J connectivity index is 1.38. The van der Waals surface area contributed by atoms with Crippen molar-refractivity contribution in [1.82, 2.24) is 15.5 Å². The number of aromatic amines is 1. The molecule has 0 aliphatic carbocycles. The lowest BCUT2D eigenvalue weighted by molar-refractivity contribution is 0.0949. The highest BCUT2D eigenvalue weighted by Gasteiger charge is 2.25. The monoisotopic (exact) mass is 394 g/mol. The fraction of sp³-hybridized carbons (Fsp3) is 0.273. The van der Waals surface area contributed by atoms with E-state index in [1.807, 2.05) is 42.5 Å². The van der Waals surface area contributed by atoms with Gasteiger partial charge >= 0.3 is 0 Å². The second-order valence-electron chi connectivity index (χ2n) is 7.27. The summed E-state index contributed by atoms with van der Waals surface area (Å²) >= 11 is 6.16. The molecule has 1 aliphatic heterocycles. The molecule has 2 heterocycles. The van der Waals surface area contributed by atoms with E-state index >= 15 is 0 Å². The number of carbonyl (C=O) groups excluding carboxylic acids is 1. The number of hydrogen-bond donors (Lipinski definition) is 2. The van der Waals surface area contributed by atoms with Gasteiger partial charge in [0.2, 0.25) is 0 Å². The Hall–Kier alpha value is -2.79. The molecule has 1 amide bonds. The lowest BCUT2D eigenvalue weighted by Gasteiger charge is -2.21. The van der Waals surface area contributed by atoms with Gasteiger partial charge in [0.05, 0.1) is 17.5 Å². The van der Waals surface area contributed by atoms with Crippen LogP contribution in [-0.4, -0.2) is 35.7 Å². The molecule has 3 aromatic rings. The van der Waals surface area contributed by atoms with Crippen LogP contribution in [0.25, 0.3) is 11.3 Å². The summed E-state index contributed by atoms with van der Waals surface area (Å²) in [6.07, 6.45) is 2.64. The minimum atomic E-state index is -0.0926. The molecule has 28 heavy (non-hydrogen) atoms. The number of H-pyrrole nitrogens is 1. The predicted molar refractivity (Wildman–Crippen MR) is 113 cm³/mol. The number of rotatable bonds is 5. The van der Waals surface area contributed by atoms with Gasteiger partial charge in [-0.2, -0.15) is 5.10 Å². The number of nitrogens with zero attached hydrogens (tertiary/aromatic N) is 2. The average Bonchev–Trinajstić information content (AvgIpc) is 3.38. The molecule has 0 saturated carbocycles. The molecule has 144 valence electrons. The third kappa shape index (κ3) is 3.90. The Morgan fingerprint density at radius 3 is 2.93 bits per heavy atom. The van der Waals surface area contributed by atoms with Gasteiger partial charge in [-0.25, -0.2) is 0 Å². The van der Waals surface area contributed by atoms with Gasteiger partial charge in [-0.3, -0.25) is 9.89 Å². The molecule has 1 aliphatic rings. The maximum Gasteiger partial charge on any atom is 0.255 e. The van der Waals surface area contributed by atoms with Crippen molar-refractivity contribution in [2.75, 3.05) is 24.5 Å². The smallest absolute Gasteiger partial charge is 0.255 e. The van der Waals surface area contributed by atoms with Gasteiger partial charge in [-0.05, 0) is 37.0 Å². The van der Waals surface area contributed by atoms with E-state index in [1.54, 1.807) is 6.20 Å². The van der Waals surface area contributed by atoms with E-state index in [0.29, 0.717) is 18.0 Å². The summed E-state index contributed by atoms with van der Waals surface area (Å²) in [5, 5.41) is 10.8. The number of carbonyl (C=O) groups is 1. The van der Waals surface area contributed by atoms with Crippen LogP contribution < -0.4 is 10.2 Å². The Labute approximate surface area is 169 Å².